The molecule has 16 heavy (non-hydrogen) atoms. The quantitative estimate of drug-likeness (QED) is 0.880. The molecular formula is C11H10ClNO3. The molecule has 0 heterocycles. The molecule has 0 saturated heterocycles. The van der Waals surface area contributed by atoms with E-state index < -0.39 is 11.6 Å². The van der Waals surface area contributed by atoms with Crippen molar-refractivity contribution in [3.8, 4) is 11.8 Å². The lowest BCUT2D eigenvalue weighted by Crippen LogP contribution is -2.37. The van der Waals surface area contributed by atoms with Crippen LogP contribution in [0.15, 0.2) is 18.2 Å². The molecule has 1 aromatic rings. The van der Waals surface area contributed by atoms with Crippen LogP contribution in [-0.2, 0) is 4.79 Å². The topological polar surface area (TPSA) is 70.3 Å². The second-order valence-corrected chi connectivity index (χ2v) is 4.08. The molecule has 0 aliphatic rings. The van der Waals surface area contributed by atoms with Crippen molar-refractivity contribution in [1.29, 1.82) is 5.26 Å². The molecule has 0 radical (unpaired) electrons. The molecule has 0 atom stereocenters. The fourth-order valence-electron chi connectivity index (χ4n) is 0.972. The molecule has 0 amide bonds. The van der Waals surface area contributed by atoms with Gasteiger partial charge in [-0.25, -0.2) is 4.79 Å². The smallest absolute Gasteiger partial charge is 0.347 e. The van der Waals surface area contributed by atoms with Crippen LogP contribution in [0, 0.1) is 11.3 Å². The van der Waals surface area contributed by atoms with Gasteiger partial charge in [-0.15, -0.1) is 0 Å². The molecule has 1 rings (SSSR count). The molecule has 4 nitrogen and oxygen atoms in total. The Kier molecular flexibility index (Phi) is 3.41. The summed E-state index contributed by atoms with van der Waals surface area (Å²) in [5.41, 5.74) is -0.969. The van der Waals surface area contributed by atoms with Crippen molar-refractivity contribution in [1.82, 2.24) is 0 Å². The van der Waals surface area contributed by atoms with Crippen LogP contribution in [-0.4, -0.2) is 16.7 Å². The van der Waals surface area contributed by atoms with E-state index >= 15 is 0 Å². The molecule has 0 aliphatic carbocycles. The summed E-state index contributed by atoms with van der Waals surface area (Å²) >= 11 is 5.85. The first kappa shape index (κ1) is 12.3. The lowest BCUT2D eigenvalue weighted by Gasteiger charge is -2.22. The summed E-state index contributed by atoms with van der Waals surface area (Å²) in [6.45, 7) is 2.84. The summed E-state index contributed by atoms with van der Waals surface area (Å²) in [4.78, 5) is 10.8. The summed E-state index contributed by atoms with van der Waals surface area (Å²) in [5.74, 6) is -0.846. The number of ether oxygens (including phenoxy) is 1. The van der Waals surface area contributed by atoms with Gasteiger partial charge in [-0.05, 0) is 32.0 Å². The Morgan fingerprint density at radius 2 is 2.19 bits per heavy atom. The highest BCUT2D eigenvalue weighted by molar-refractivity contribution is 6.32. The molecule has 1 N–H and O–H groups in total. The minimum atomic E-state index is -1.36. The Hall–Kier alpha value is -1.73. The summed E-state index contributed by atoms with van der Waals surface area (Å²) in [6.07, 6.45) is 0. The fraction of sp³-hybridized carbons (Fsp3) is 0.273. The van der Waals surface area contributed by atoms with Gasteiger partial charge < -0.3 is 9.84 Å². The predicted molar refractivity (Wildman–Crippen MR) is 58.5 cm³/mol. The van der Waals surface area contributed by atoms with Gasteiger partial charge in [0.2, 0.25) is 0 Å². The number of carbonyl (C=O) groups is 1. The molecule has 5 heteroatoms. The van der Waals surface area contributed by atoms with E-state index in [-0.39, 0.29) is 10.8 Å². The first-order valence-electron chi connectivity index (χ1n) is 4.49. The number of hydrogen-bond acceptors (Lipinski definition) is 3. The van der Waals surface area contributed by atoms with Gasteiger partial charge in [0.1, 0.15) is 5.75 Å². The molecule has 0 spiro atoms. The van der Waals surface area contributed by atoms with Crippen molar-refractivity contribution in [2.24, 2.45) is 0 Å². The van der Waals surface area contributed by atoms with Crippen molar-refractivity contribution in [3.05, 3.63) is 28.8 Å². The number of halogens is 1. The number of rotatable bonds is 3. The van der Waals surface area contributed by atoms with E-state index in [9.17, 15) is 4.79 Å². The summed E-state index contributed by atoms with van der Waals surface area (Å²) in [7, 11) is 0. The number of hydrogen-bond donors (Lipinski definition) is 1. The molecular weight excluding hydrogens is 230 g/mol. The van der Waals surface area contributed by atoms with E-state index in [1.807, 2.05) is 6.07 Å². The van der Waals surface area contributed by atoms with Gasteiger partial charge in [0.25, 0.3) is 0 Å². The number of aliphatic carboxylic acids is 1. The highest BCUT2D eigenvalue weighted by atomic mass is 35.5. The predicted octanol–water partition coefficient (Wildman–Crippen LogP) is 2.45. The maximum Gasteiger partial charge on any atom is 0.347 e. The monoisotopic (exact) mass is 239 g/mol. The average molecular weight is 240 g/mol. The van der Waals surface area contributed by atoms with Crippen molar-refractivity contribution < 1.29 is 14.6 Å². The van der Waals surface area contributed by atoms with E-state index in [1.54, 1.807) is 0 Å². The van der Waals surface area contributed by atoms with Gasteiger partial charge in [0.15, 0.2) is 5.60 Å². The SMILES string of the molecule is CC(C)(Oc1ccc(C#N)cc1Cl)C(=O)O. The standard InChI is InChI=1S/C11H10ClNO3/c1-11(2,10(14)15)16-9-4-3-7(6-13)5-8(9)12/h3-5H,1-2H3,(H,14,15). The Morgan fingerprint density at radius 3 is 2.62 bits per heavy atom. The summed E-state index contributed by atoms with van der Waals surface area (Å²) < 4.78 is 5.25. The van der Waals surface area contributed by atoms with Crippen LogP contribution in [0.2, 0.25) is 5.02 Å². The maximum absolute atomic E-state index is 10.8. The first-order chi connectivity index (χ1) is 7.36. The van der Waals surface area contributed by atoms with Crippen molar-refractivity contribution in [3.63, 3.8) is 0 Å². The van der Waals surface area contributed by atoms with E-state index in [2.05, 4.69) is 0 Å². The Balaban J connectivity index is 3.00. The van der Waals surface area contributed by atoms with Gasteiger partial charge in [-0.1, -0.05) is 11.6 Å². The molecule has 0 aliphatic heterocycles. The van der Waals surface area contributed by atoms with Crippen molar-refractivity contribution >= 4 is 17.6 Å². The van der Waals surface area contributed by atoms with Crippen LogP contribution in [0.1, 0.15) is 19.4 Å². The number of carboxylic acids is 1. The minimum absolute atomic E-state index is 0.216. The third kappa shape index (κ3) is 2.65. The van der Waals surface area contributed by atoms with Gasteiger partial charge in [0.05, 0.1) is 16.7 Å². The largest absolute Gasteiger partial charge is 0.478 e. The molecule has 0 saturated carbocycles. The van der Waals surface area contributed by atoms with E-state index in [0.29, 0.717) is 5.56 Å². The summed E-state index contributed by atoms with van der Waals surface area (Å²) in [5, 5.41) is 17.7. The highest BCUT2D eigenvalue weighted by Gasteiger charge is 2.30. The van der Waals surface area contributed by atoms with E-state index in [0.717, 1.165) is 0 Å². The number of benzene rings is 1. The number of carboxylic acid groups (broad SMARTS) is 1. The van der Waals surface area contributed by atoms with Crippen LogP contribution >= 0.6 is 11.6 Å². The van der Waals surface area contributed by atoms with Crippen LogP contribution in [0.4, 0.5) is 0 Å². The third-order valence-corrected chi connectivity index (χ3v) is 2.24. The van der Waals surface area contributed by atoms with E-state index in [1.165, 1.54) is 32.0 Å². The van der Waals surface area contributed by atoms with E-state index in [4.69, 9.17) is 26.7 Å². The van der Waals surface area contributed by atoms with Crippen LogP contribution in [0.5, 0.6) is 5.75 Å². The normalized spacial score (nSPS) is 10.6. The van der Waals surface area contributed by atoms with Gasteiger partial charge in [0, 0.05) is 0 Å². The zero-order valence-corrected chi connectivity index (χ0v) is 9.58. The summed E-state index contributed by atoms with van der Waals surface area (Å²) in [6, 6.07) is 6.34. The van der Waals surface area contributed by atoms with Gasteiger partial charge in [-0.3, -0.25) is 0 Å². The lowest BCUT2D eigenvalue weighted by molar-refractivity contribution is -0.152. The Bertz CT molecular complexity index is 463. The number of nitrogens with zero attached hydrogens (tertiary/aromatic N) is 1. The zero-order chi connectivity index (χ0) is 12.3. The van der Waals surface area contributed by atoms with Crippen LogP contribution in [0.3, 0.4) is 0 Å². The minimum Gasteiger partial charge on any atom is -0.478 e. The Morgan fingerprint density at radius 1 is 1.56 bits per heavy atom. The molecule has 84 valence electrons. The lowest BCUT2D eigenvalue weighted by atomic mass is 10.1. The first-order valence-corrected chi connectivity index (χ1v) is 4.86. The molecule has 0 fully saturated rings. The van der Waals surface area contributed by atoms with Crippen molar-refractivity contribution in [2.45, 2.75) is 19.4 Å². The second kappa shape index (κ2) is 4.42. The van der Waals surface area contributed by atoms with Crippen LogP contribution in [0.25, 0.3) is 0 Å². The maximum atomic E-state index is 10.8. The molecule has 0 aromatic heterocycles. The molecule has 0 unspecified atom stereocenters. The second-order valence-electron chi connectivity index (χ2n) is 3.67. The molecule has 1 aromatic carbocycles. The van der Waals surface area contributed by atoms with Gasteiger partial charge >= 0.3 is 5.97 Å². The fourth-order valence-corrected chi connectivity index (χ4v) is 1.19. The van der Waals surface area contributed by atoms with Crippen LogP contribution < -0.4 is 4.74 Å². The van der Waals surface area contributed by atoms with Gasteiger partial charge in [-0.2, -0.15) is 5.26 Å². The highest BCUT2D eigenvalue weighted by Crippen LogP contribution is 2.28. The average Bonchev–Trinajstić information content (AvgIpc) is 2.20. The molecule has 0 bridgehead atoms. The Labute approximate surface area is 98.0 Å². The number of nitriles is 1. The van der Waals surface area contributed by atoms with Crippen molar-refractivity contribution in [2.75, 3.05) is 0 Å². The zero-order valence-electron chi connectivity index (χ0n) is 8.82. The third-order valence-electron chi connectivity index (χ3n) is 1.94.